The topological polar surface area (TPSA) is 67.8 Å². The van der Waals surface area contributed by atoms with Gasteiger partial charge in [0.1, 0.15) is 6.61 Å². The highest BCUT2D eigenvalue weighted by atomic mass is 79.9. The summed E-state index contributed by atoms with van der Waals surface area (Å²) in [6.45, 7) is 0.914. The second kappa shape index (κ2) is 9.75. The van der Waals surface area contributed by atoms with Crippen LogP contribution in [0.5, 0.6) is 11.5 Å². The fourth-order valence-electron chi connectivity index (χ4n) is 3.55. The maximum atomic E-state index is 11.2. The number of methoxy groups -OCH3 is 1. The number of carboxylic acids is 1. The summed E-state index contributed by atoms with van der Waals surface area (Å²) in [5, 5.41) is 14.7. The molecule has 4 aromatic carbocycles. The SMILES string of the molecule is COc1cc(CNc2cccc(C(=O)O)c2)cc(Br)c1OCc1cccc2ccccc12. The van der Waals surface area contributed by atoms with Crippen molar-refractivity contribution >= 4 is 38.4 Å². The van der Waals surface area contributed by atoms with E-state index < -0.39 is 5.97 Å². The first-order valence-corrected chi connectivity index (χ1v) is 10.9. The van der Waals surface area contributed by atoms with Crippen molar-refractivity contribution in [3.63, 3.8) is 0 Å². The number of hydrogen-bond donors (Lipinski definition) is 2. The predicted octanol–water partition coefficient (Wildman–Crippen LogP) is 6.50. The van der Waals surface area contributed by atoms with Gasteiger partial charge in [-0.05, 0) is 68.2 Å². The molecular formula is C26H22BrNO4. The Kier molecular flexibility index (Phi) is 6.61. The van der Waals surface area contributed by atoms with E-state index in [2.05, 4.69) is 45.5 Å². The minimum atomic E-state index is -0.953. The van der Waals surface area contributed by atoms with E-state index in [9.17, 15) is 4.79 Å². The maximum absolute atomic E-state index is 11.2. The summed E-state index contributed by atoms with van der Waals surface area (Å²) >= 11 is 3.61. The quantitative estimate of drug-likeness (QED) is 0.294. The van der Waals surface area contributed by atoms with Gasteiger partial charge in [-0.2, -0.15) is 0 Å². The van der Waals surface area contributed by atoms with Gasteiger partial charge in [0, 0.05) is 12.2 Å². The van der Waals surface area contributed by atoms with E-state index in [0.717, 1.165) is 26.7 Å². The van der Waals surface area contributed by atoms with Gasteiger partial charge in [0.25, 0.3) is 0 Å². The molecule has 0 fully saturated rings. The van der Waals surface area contributed by atoms with E-state index in [4.69, 9.17) is 14.6 Å². The third-order valence-electron chi connectivity index (χ3n) is 5.15. The average Bonchev–Trinajstić information content (AvgIpc) is 2.82. The molecule has 4 aromatic rings. The first-order chi connectivity index (χ1) is 15.5. The van der Waals surface area contributed by atoms with Crippen LogP contribution < -0.4 is 14.8 Å². The average molecular weight is 492 g/mol. The Morgan fingerprint density at radius 1 is 1.00 bits per heavy atom. The molecule has 6 heteroatoms. The summed E-state index contributed by atoms with van der Waals surface area (Å²) in [6.07, 6.45) is 0. The molecule has 0 unspecified atom stereocenters. The van der Waals surface area contributed by atoms with Crippen LogP contribution in [0.3, 0.4) is 0 Å². The van der Waals surface area contributed by atoms with Crippen molar-refractivity contribution in [1.82, 2.24) is 0 Å². The van der Waals surface area contributed by atoms with Gasteiger partial charge in [0.2, 0.25) is 0 Å². The molecule has 0 spiro atoms. The van der Waals surface area contributed by atoms with Crippen LogP contribution >= 0.6 is 15.9 Å². The highest BCUT2D eigenvalue weighted by Gasteiger charge is 2.13. The molecule has 0 aliphatic rings. The Labute approximate surface area is 194 Å². The Morgan fingerprint density at radius 3 is 2.59 bits per heavy atom. The van der Waals surface area contributed by atoms with Crippen molar-refractivity contribution in [1.29, 1.82) is 0 Å². The molecule has 2 N–H and O–H groups in total. The Balaban J connectivity index is 1.51. The maximum Gasteiger partial charge on any atom is 0.335 e. The van der Waals surface area contributed by atoms with Crippen LogP contribution in [0.25, 0.3) is 10.8 Å². The Morgan fingerprint density at radius 2 is 1.78 bits per heavy atom. The molecule has 0 aliphatic carbocycles. The number of aromatic carboxylic acids is 1. The zero-order valence-electron chi connectivity index (χ0n) is 17.5. The van der Waals surface area contributed by atoms with Gasteiger partial charge in [0.15, 0.2) is 11.5 Å². The lowest BCUT2D eigenvalue weighted by atomic mass is 10.1. The van der Waals surface area contributed by atoms with Crippen molar-refractivity contribution < 1.29 is 19.4 Å². The fourth-order valence-corrected chi connectivity index (χ4v) is 4.15. The molecule has 0 atom stereocenters. The lowest BCUT2D eigenvalue weighted by Crippen LogP contribution is -2.04. The van der Waals surface area contributed by atoms with Crippen LogP contribution in [0.1, 0.15) is 21.5 Å². The molecule has 0 heterocycles. The van der Waals surface area contributed by atoms with Crippen molar-refractivity contribution in [3.8, 4) is 11.5 Å². The van der Waals surface area contributed by atoms with Gasteiger partial charge >= 0.3 is 5.97 Å². The highest BCUT2D eigenvalue weighted by Crippen LogP contribution is 2.37. The number of hydrogen-bond acceptors (Lipinski definition) is 4. The fraction of sp³-hybridized carbons (Fsp3) is 0.115. The summed E-state index contributed by atoms with van der Waals surface area (Å²) in [7, 11) is 1.61. The number of rotatable bonds is 8. The van der Waals surface area contributed by atoms with Crippen LogP contribution in [0.15, 0.2) is 83.3 Å². The van der Waals surface area contributed by atoms with E-state index in [1.54, 1.807) is 25.3 Å². The highest BCUT2D eigenvalue weighted by molar-refractivity contribution is 9.10. The van der Waals surface area contributed by atoms with E-state index in [1.807, 2.05) is 36.4 Å². The number of nitrogens with one attached hydrogen (secondary N) is 1. The van der Waals surface area contributed by atoms with Crippen LogP contribution in [0.4, 0.5) is 5.69 Å². The summed E-state index contributed by atoms with van der Waals surface area (Å²) in [5.41, 5.74) is 3.04. The molecule has 0 saturated carbocycles. The molecule has 5 nitrogen and oxygen atoms in total. The molecule has 0 aliphatic heterocycles. The lowest BCUT2D eigenvalue weighted by Gasteiger charge is -2.16. The summed E-state index contributed by atoms with van der Waals surface area (Å²) < 4.78 is 12.5. The minimum absolute atomic E-state index is 0.242. The van der Waals surface area contributed by atoms with Crippen LogP contribution in [0.2, 0.25) is 0 Å². The smallest absolute Gasteiger partial charge is 0.335 e. The molecule has 0 bridgehead atoms. The normalized spacial score (nSPS) is 10.7. The zero-order chi connectivity index (χ0) is 22.5. The van der Waals surface area contributed by atoms with Gasteiger partial charge in [0.05, 0.1) is 17.1 Å². The number of carboxylic acid groups (broad SMARTS) is 1. The van der Waals surface area contributed by atoms with E-state index in [-0.39, 0.29) is 5.56 Å². The monoisotopic (exact) mass is 491 g/mol. The molecule has 162 valence electrons. The number of fused-ring (bicyclic) bond motifs is 1. The molecule has 0 saturated heterocycles. The third-order valence-corrected chi connectivity index (χ3v) is 5.74. The molecule has 0 amide bonds. The first kappa shape index (κ1) is 21.7. The van der Waals surface area contributed by atoms with Gasteiger partial charge in [-0.15, -0.1) is 0 Å². The van der Waals surface area contributed by atoms with Gasteiger partial charge in [-0.3, -0.25) is 0 Å². The number of halogens is 1. The van der Waals surface area contributed by atoms with Crippen molar-refractivity contribution in [2.45, 2.75) is 13.2 Å². The van der Waals surface area contributed by atoms with Gasteiger partial charge in [-0.1, -0.05) is 48.5 Å². The third kappa shape index (κ3) is 4.86. The Hall–Kier alpha value is -3.51. The largest absolute Gasteiger partial charge is 0.493 e. The van der Waals surface area contributed by atoms with Crippen LogP contribution in [0, 0.1) is 0 Å². The molecule has 4 rings (SSSR count). The van der Waals surface area contributed by atoms with Gasteiger partial charge < -0.3 is 19.9 Å². The van der Waals surface area contributed by atoms with Crippen molar-refractivity contribution in [2.24, 2.45) is 0 Å². The van der Waals surface area contributed by atoms with E-state index >= 15 is 0 Å². The first-order valence-electron chi connectivity index (χ1n) is 10.1. The summed E-state index contributed by atoms with van der Waals surface area (Å²) in [6, 6.07) is 25.0. The summed E-state index contributed by atoms with van der Waals surface area (Å²) in [4.78, 5) is 11.2. The Bertz CT molecular complexity index is 1270. The van der Waals surface area contributed by atoms with Crippen molar-refractivity contribution in [3.05, 3.63) is 100 Å². The number of carbonyl (C=O) groups is 1. The lowest BCUT2D eigenvalue weighted by molar-refractivity contribution is 0.0697. The van der Waals surface area contributed by atoms with E-state index in [0.29, 0.717) is 24.7 Å². The second-order valence-electron chi connectivity index (χ2n) is 7.28. The number of benzene rings is 4. The molecule has 32 heavy (non-hydrogen) atoms. The van der Waals surface area contributed by atoms with Crippen LogP contribution in [-0.4, -0.2) is 18.2 Å². The number of ether oxygens (including phenoxy) is 2. The predicted molar refractivity (Wildman–Crippen MR) is 130 cm³/mol. The van der Waals surface area contributed by atoms with Crippen molar-refractivity contribution in [2.75, 3.05) is 12.4 Å². The van der Waals surface area contributed by atoms with Crippen LogP contribution in [-0.2, 0) is 13.2 Å². The zero-order valence-corrected chi connectivity index (χ0v) is 19.1. The van der Waals surface area contributed by atoms with E-state index in [1.165, 1.54) is 5.39 Å². The number of anilines is 1. The molecule has 0 radical (unpaired) electrons. The molecular weight excluding hydrogens is 470 g/mol. The van der Waals surface area contributed by atoms with Gasteiger partial charge in [-0.25, -0.2) is 4.79 Å². The minimum Gasteiger partial charge on any atom is -0.493 e. The summed E-state index contributed by atoms with van der Waals surface area (Å²) in [5.74, 6) is 0.304. The molecule has 0 aromatic heterocycles. The second-order valence-corrected chi connectivity index (χ2v) is 8.13. The standard InChI is InChI=1S/C26H22BrNO4/c1-31-24-13-17(15-28-21-10-5-8-19(14-21)26(29)30)12-23(27)25(24)32-16-20-9-4-7-18-6-2-3-11-22(18)20/h2-14,28H,15-16H2,1H3,(H,29,30).